The van der Waals surface area contributed by atoms with Gasteiger partial charge in [-0.15, -0.1) is 0 Å². The average Bonchev–Trinajstić information content (AvgIpc) is 2.13. The maximum Gasteiger partial charge on any atom is 0.152 e. The van der Waals surface area contributed by atoms with Crippen molar-refractivity contribution in [3.05, 3.63) is 23.8 Å². The number of nitrogens with two attached hydrogens (primary N) is 1. The molecule has 3 N–H and O–H groups in total. The number of benzene rings is 1. The smallest absolute Gasteiger partial charge is 0.152 e. The van der Waals surface area contributed by atoms with Gasteiger partial charge in [0.1, 0.15) is 17.3 Å². The van der Waals surface area contributed by atoms with Gasteiger partial charge in [-0.3, -0.25) is 0 Å². The molecule has 1 rings (SSSR count). The van der Waals surface area contributed by atoms with Gasteiger partial charge in [0.2, 0.25) is 0 Å². The number of halogens is 2. The summed E-state index contributed by atoms with van der Waals surface area (Å²) in [5, 5.41) is 8.46. The summed E-state index contributed by atoms with van der Waals surface area (Å²) in [5.74, 6) is -1.62. The Kier molecular flexibility index (Phi) is 3.64. The normalized spacial score (nSPS) is 10.2. The summed E-state index contributed by atoms with van der Waals surface area (Å²) < 4.78 is 30.5. The quantitative estimate of drug-likeness (QED) is 0.573. The molecule has 3 nitrogen and oxygen atoms in total. The van der Waals surface area contributed by atoms with Crippen LogP contribution in [0.25, 0.3) is 0 Å². The highest BCUT2D eigenvalue weighted by Gasteiger charge is 2.08. The second-order valence-electron chi connectivity index (χ2n) is 2.73. The predicted molar refractivity (Wildman–Crippen MR) is 48.0 cm³/mol. The van der Waals surface area contributed by atoms with Crippen molar-refractivity contribution in [3.63, 3.8) is 0 Å². The first kappa shape index (κ1) is 10.7. The van der Waals surface area contributed by atoms with Crippen LogP contribution in [0, 0.1) is 11.6 Å². The Morgan fingerprint density at radius 1 is 1.36 bits per heavy atom. The Balaban J connectivity index is 2.75. The Morgan fingerprint density at radius 3 is 2.71 bits per heavy atom. The lowest BCUT2D eigenvalue weighted by atomic mass is 10.3. The SMILES string of the molecule is Nc1c(F)cc(F)cc1OCCCO. The van der Waals surface area contributed by atoms with Gasteiger partial charge in [-0.25, -0.2) is 8.78 Å². The zero-order valence-electron chi connectivity index (χ0n) is 7.46. The van der Waals surface area contributed by atoms with Crippen molar-refractivity contribution in [1.29, 1.82) is 0 Å². The fraction of sp³-hybridized carbons (Fsp3) is 0.333. The molecule has 1 aromatic rings. The van der Waals surface area contributed by atoms with E-state index < -0.39 is 11.6 Å². The van der Waals surface area contributed by atoms with Crippen LogP contribution in [-0.2, 0) is 0 Å². The van der Waals surface area contributed by atoms with E-state index in [0.29, 0.717) is 12.5 Å². The molecule has 0 amide bonds. The molecular weight excluding hydrogens is 192 g/mol. The maximum absolute atomic E-state index is 12.9. The molecule has 0 fully saturated rings. The zero-order chi connectivity index (χ0) is 10.6. The lowest BCUT2D eigenvalue weighted by Crippen LogP contribution is -2.04. The van der Waals surface area contributed by atoms with E-state index in [2.05, 4.69) is 0 Å². The van der Waals surface area contributed by atoms with Crippen LogP contribution >= 0.6 is 0 Å². The molecule has 0 aliphatic heterocycles. The Bertz CT molecular complexity index is 318. The second kappa shape index (κ2) is 4.76. The van der Waals surface area contributed by atoms with Gasteiger partial charge < -0.3 is 15.6 Å². The van der Waals surface area contributed by atoms with Crippen LogP contribution in [0.5, 0.6) is 5.75 Å². The van der Waals surface area contributed by atoms with Crippen LogP contribution in [0.1, 0.15) is 6.42 Å². The summed E-state index contributed by atoms with van der Waals surface area (Å²) in [5.41, 5.74) is 5.09. The standard InChI is InChI=1S/C9H11F2NO2/c10-6-4-7(11)9(12)8(5-6)14-3-1-2-13/h4-5,13H,1-3,12H2. The van der Waals surface area contributed by atoms with Crippen molar-refractivity contribution < 1.29 is 18.6 Å². The molecule has 0 bridgehead atoms. The molecule has 0 unspecified atom stereocenters. The molecule has 0 saturated heterocycles. The molecule has 5 heteroatoms. The first-order chi connectivity index (χ1) is 6.65. The zero-order valence-corrected chi connectivity index (χ0v) is 7.46. The highest BCUT2D eigenvalue weighted by atomic mass is 19.1. The Hall–Kier alpha value is -1.36. The van der Waals surface area contributed by atoms with Crippen molar-refractivity contribution >= 4 is 5.69 Å². The summed E-state index contributed by atoms with van der Waals surface area (Å²) in [6, 6.07) is 1.70. The molecule has 0 saturated carbocycles. The summed E-state index contributed by atoms with van der Waals surface area (Å²) >= 11 is 0. The third-order valence-electron chi connectivity index (χ3n) is 1.62. The fourth-order valence-electron chi connectivity index (χ4n) is 0.927. The molecule has 14 heavy (non-hydrogen) atoms. The molecule has 0 aliphatic rings. The number of anilines is 1. The van der Waals surface area contributed by atoms with E-state index in [-0.39, 0.29) is 24.7 Å². The van der Waals surface area contributed by atoms with E-state index in [4.69, 9.17) is 15.6 Å². The lowest BCUT2D eigenvalue weighted by molar-refractivity contribution is 0.233. The molecule has 1 aromatic carbocycles. The molecule has 0 aromatic heterocycles. The Labute approximate surface area is 80.1 Å². The number of ether oxygens (including phenoxy) is 1. The van der Waals surface area contributed by atoms with E-state index in [0.717, 1.165) is 6.07 Å². The Morgan fingerprint density at radius 2 is 2.07 bits per heavy atom. The molecule has 0 radical (unpaired) electrons. The van der Waals surface area contributed by atoms with Crippen molar-refractivity contribution in [2.24, 2.45) is 0 Å². The van der Waals surface area contributed by atoms with Crippen LogP contribution in [0.3, 0.4) is 0 Å². The number of aliphatic hydroxyl groups excluding tert-OH is 1. The molecular formula is C9H11F2NO2. The first-order valence-electron chi connectivity index (χ1n) is 4.13. The number of hydrogen-bond acceptors (Lipinski definition) is 3. The van der Waals surface area contributed by atoms with Crippen LogP contribution in [-0.4, -0.2) is 18.3 Å². The van der Waals surface area contributed by atoms with Crippen LogP contribution in [0.2, 0.25) is 0 Å². The van der Waals surface area contributed by atoms with Gasteiger partial charge in [0.15, 0.2) is 5.82 Å². The number of nitrogen functional groups attached to an aromatic ring is 1. The van der Waals surface area contributed by atoms with Crippen LogP contribution in [0.15, 0.2) is 12.1 Å². The molecule has 0 spiro atoms. The third-order valence-corrected chi connectivity index (χ3v) is 1.62. The van der Waals surface area contributed by atoms with Crippen molar-refractivity contribution in [3.8, 4) is 5.75 Å². The minimum atomic E-state index is -0.844. The van der Waals surface area contributed by atoms with Gasteiger partial charge in [0.25, 0.3) is 0 Å². The first-order valence-corrected chi connectivity index (χ1v) is 4.13. The second-order valence-corrected chi connectivity index (χ2v) is 2.73. The monoisotopic (exact) mass is 203 g/mol. The van der Waals surface area contributed by atoms with Gasteiger partial charge in [0, 0.05) is 25.2 Å². The van der Waals surface area contributed by atoms with Crippen molar-refractivity contribution in [1.82, 2.24) is 0 Å². The van der Waals surface area contributed by atoms with Crippen LogP contribution in [0.4, 0.5) is 14.5 Å². The minimum Gasteiger partial charge on any atom is -0.491 e. The number of hydrogen-bond donors (Lipinski definition) is 2. The van der Waals surface area contributed by atoms with E-state index in [9.17, 15) is 8.78 Å². The van der Waals surface area contributed by atoms with Crippen molar-refractivity contribution in [2.45, 2.75) is 6.42 Å². The van der Waals surface area contributed by atoms with Gasteiger partial charge in [-0.1, -0.05) is 0 Å². The van der Waals surface area contributed by atoms with E-state index >= 15 is 0 Å². The lowest BCUT2D eigenvalue weighted by Gasteiger charge is -2.08. The fourth-order valence-corrected chi connectivity index (χ4v) is 0.927. The van der Waals surface area contributed by atoms with Gasteiger partial charge in [0.05, 0.1) is 6.61 Å². The summed E-state index contributed by atoms with van der Waals surface area (Å²) in [6.45, 7) is 0.126. The van der Waals surface area contributed by atoms with Gasteiger partial charge >= 0.3 is 0 Å². The van der Waals surface area contributed by atoms with Crippen LogP contribution < -0.4 is 10.5 Å². The third kappa shape index (κ3) is 2.56. The van der Waals surface area contributed by atoms with E-state index in [1.807, 2.05) is 0 Å². The number of rotatable bonds is 4. The average molecular weight is 203 g/mol. The largest absolute Gasteiger partial charge is 0.491 e. The molecule has 0 aliphatic carbocycles. The van der Waals surface area contributed by atoms with Crippen molar-refractivity contribution in [2.75, 3.05) is 18.9 Å². The molecule has 78 valence electrons. The van der Waals surface area contributed by atoms with E-state index in [1.54, 1.807) is 0 Å². The maximum atomic E-state index is 12.9. The topological polar surface area (TPSA) is 55.5 Å². The summed E-state index contributed by atoms with van der Waals surface area (Å²) in [7, 11) is 0. The molecule has 0 atom stereocenters. The number of aliphatic hydroxyl groups is 1. The summed E-state index contributed by atoms with van der Waals surface area (Å²) in [6.07, 6.45) is 0.386. The van der Waals surface area contributed by atoms with Gasteiger partial charge in [-0.2, -0.15) is 0 Å². The minimum absolute atomic E-state index is 0.0315. The summed E-state index contributed by atoms with van der Waals surface area (Å²) in [4.78, 5) is 0. The van der Waals surface area contributed by atoms with E-state index in [1.165, 1.54) is 0 Å². The molecule has 0 heterocycles. The highest BCUT2D eigenvalue weighted by molar-refractivity contribution is 5.53. The van der Waals surface area contributed by atoms with Gasteiger partial charge in [-0.05, 0) is 0 Å². The highest BCUT2D eigenvalue weighted by Crippen LogP contribution is 2.25. The predicted octanol–water partition coefficient (Wildman–Crippen LogP) is 1.31.